The quantitative estimate of drug-likeness (QED) is 0.0333. The zero-order valence-corrected chi connectivity index (χ0v) is 38.0. The molecule has 0 unspecified atom stereocenters. The molecule has 0 N–H and O–H groups in total. The average molecular weight is 833 g/mol. The summed E-state index contributed by atoms with van der Waals surface area (Å²) in [6.07, 6.45) is 30.8. The summed E-state index contributed by atoms with van der Waals surface area (Å²) in [4.78, 5) is 4.96. The van der Waals surface area contributed by atoms with Crippen LogP contribution in [-0.4, -0.2) is 18.5 Å². The Balaban J connectivity index is 0.00000126. The number of unbranched alkanes of at least 4 members (excludes halogenated alkanes) is 12. The number of hydrogen-bond acceptors (Lipinski definition) is 3. The van der Waals surface area contributed by atoms with Gasteiger partial charge >= 0.3 is 5.51 Å². The minimum absolute atomic E-state index is 0.114. The number of halogens is 3. The minimum Gasteiger partial charge on any atom is -0.741 e. The highest BCUT2D eigenvalue weighted by Crippen LogP contribution is 2.42. The Morgan fingerprint density at radius 1 is 0.474 bits per heavy atom. The molecule has 57 heavy (non-hydrogen) atoms. The van der Waals surface area contributed by atoms with Gasteiger partial charge in [-0.15, -0.1) is 0 Å². The predicted molar refractivity (Wildman–Crippen MR) is 237 cm³/mol. The fraction of sp³-hybridized carbons (Fsp3) is 0.633. The van der Waals surface area contributed by atoms with Gasteiger partial charge in [0.25, 0.3) is 0 Å². The van der Waals surface area contributed by atoms with Crippen molar-refractivity contribution in [2.24, 2.45) is 0 Å². The van der Waals surface area contributed by atoms with E-state index in [0.29, 0.717) is 0 Å². The highest BCUT2D eigenvalue weighted by Gasteiger charge is 2.38. The molecule has 3 aromatic carbocycles. The lowest BCUT2D eigenvalue weighted by molar-refractivity contribution is -0.0517. The number of benzene rings is 3. The van der Waals surface area contributed by atoms with Crippen molar-refractivity contribution in [2.45, 2.75) is 216 Å². The van der Waals surface area contributed by atoms with E-state index in [9.17, 15) is 13.2 Å². The molecule has 0 saturated heterocycles. The zero-order chi connectivity index (χ0) is 42.1. The first-order valence-corrected chi connectivity index (χ1v) is 25.1. The summed E-state index contributed by atoms with van der Waals surface area (Å²) >= 11 is 0. The first-order chi connectivity index (χ1) is 27.4. The van der Waals surface area contributed by atoms with Crippen molar-refractivity contribution < 1.29 is 26.1 Å². The van der Waals surface area contributed by atoms with Crippen LogP contribution in [0.25, 0.3) is 0 Å². The molecule has 0 aliphatic heterocycles. The van der Waals surface area contributed by atoms with Crippen LogP contribution in [-0.2, 0) is 59.5 Å². The SMILES string of the molecule is CCCCCc1cc(CCCCC)c([S+](c2ccccc2)c2c(CCCCC)cc(CCCCC)cc2CCCCC)c(CCCCC)c1.O=S(=O)([O-])C(F)(F)F. The second-order valence-electron chi connectivity index (χ2n) is 15.7. The molecule has 0 amide bonds. The molecule has 0 fully saturated rings. The van der Waals surface area contributed by atoms with E-state index in [1.807, 2.05) is 0 Å². The second kappa shape index (κ2) is 28.2. The Hall–Kier alpha value is -2.29. The molecule has 3 rings (SSSR count). The molecule has 0 aliphatic carbocycles. The minimum atomic E-state index is -6.09. The normalized spacial score (nSPS) is 11.9. The van der Waals surface area contributed by atoms with E-state index in [1.165, 1.54) is 159 Å². The lowest BCUT2D eigenvalue weighted by Crippen LogP contribution is -2.21. The van der Waals surface area contributed by atoms with Crippen molar-refractivity contribution in [3.63, 3.8) is 0 Å². The van der Waals surface area contributed by atoms with Crippen LogP contribution in [0.5, 0.6) is 0 Å². The molecule has 0 atom stereocenters. The molecule has 0 heterocycles. The number of rotatable bonds is 27. The monoisotopic (exact) mass is 833 g/mol. The fourth-order valence-electron chi connectivity index (χ4n) is 7.52. The van der Waals surface area contributed by atoms with E-state index in [0.717, 1.165) is 0 Å². The van der Waals surface area contributed by atoms with Crippen LogP contribution < -0.4 is 0 Å². The summed E-state index contributed by atoms with van der Waals surface area (Å²) in [7, 11) is -6.20. The van der Waals surface area contributed by atoms with Crippen molar-refractivity contribution in [1.29, 1.82) is 0 Å². The van der Waals surface area contributed by atoms with E-state index in [1.54, 1.807) is 43.2 Å². The van der Waals surface area contributed by atoms with E-state index in [4.69, 9.17) is 13.0 Å². The Morgan fingerprint density at radius 2 is 0.737 bits per heavy atom. The third kappa shape index (κ3) is 18.2. The third-order valence-corrected chi connectivity index (χ3v) is 13.8. The maximum atomic E-state index is 10.7. The van der Waals surface area contributed by atoms with Gasteiger partial charge in [0.1, 0.15) is 10.9 Å². The number of hydrogen-bond donors (Lipinski definition) is 0. The number of aryl methyl sites for hydroxylation is 6. The summed E-state index contributed by atoms with van der Waals surface area (Å²) in [5, 5.41) is 0. The van der Waals surface area contributed by atoms with Gasteiger partial charge in [0.15, 0.2) is 24.8 Å². The van der Waals surface area contributed by atoms with Gasteiger partial charge in [-0.3, -0.25) is 0 Å². The van der Waals surface area contributed by atoms with Gasteiger partial charge in [0.05, 0.1) is 0 Å². The summed E-state index contributed by atoms with van der Waals surface area (Å²) in [5.74, 6) is 0. The van der Waals surface area contributed by atoms with Gasteiger partial charge in [-0.05, 0) is 100 Å². The molecule has 3 nitrogen and oxygen atoms in total. The maximum absolute atomic E-state index is 10.7. The summed E-state index contributed by atoms with van der Waals surface area (Å²) in [6, 6.07) is 22.6. The maximum Gasteiger partial charge on any atom is 0.485 e. The van der Waals surface area contributed by atoms with Crippen molar-refractivity contribution in [2.75, 3.05) is 0 Å². The van der Waals surface area contributed by atoms with Crippen molar-refractivity contribution in [3.05, 3.63) is 88.0 Å². The van der Waals surface area contributed by atoms with E-state index >= 15 is 0 Å². The Bertz CT molecular complexity index is 1490. The molecule has 3 aromatic rings. The van der Waals surface area contributed by atoms with Crippen LogP contribution in [0.4, 0.5) is 13.2 Å². The van der Waals surface area contributed by atoms with E-state index < -0.39 is 15.6 Å². The van der Waals surface area contributed by atoms with Crippen LogP contribution in [0.2, 0.25) is 0 Å². The average Bonchev–Trinajstić information content (AvgIpc) is 3.17. The Kier molecular flexibility index (Phi) is 25.2. The van der Waals surface area contributed by atoms with Crippen LogP contribution in [0, 0.1) is 0 Å². The molecule has 0 bridgehead atoms. The molecule has 8 heteroatoms. The molecule has 0 saturated carbocycles. The smallest absolute Gasteiger partial charge is 0.485 e. The largest absolute Gasteiger partial charge is 0.741 e. The number of alkyl halides is 3. The standard InChI is InChI=1S/C48H75S.CHF3O3S/c1-7-13-20-28-40-36-42(30-22-15-9-3)47(43(37-40)31-23-16-10-4)49(46-34-26-19-27-35-46)48-44(32-24-17-11-5)38-41(29-21-14-8-2)39-45(48)33-25-18-12-6;2-1(3,4)8(5,6)7/h19,26-27,34-39H,7-18,20-25,28-33H2,1-6H3;(H,5,6,7)/q+1;/p-1. The topological polar surface area (TPSA) is 57.2 Å². The van der Waals surface area contributed by atoms with Gasteiger partial charge in [-0.1, -0.05) is 161 Å². The van der Waals surface area contributed by atoms with E-state index in [2.05, 4.69) is 96.1 Å². The van der Waals surface area contributed by atoms with Crippen LogP contribution >= 0.6 is 0 Å². The third-order valence-electron chi connectivity index (χ3n) is 10.6. The molecule has 0 radical (unpaired) electrons. The molecule has 0 aromatic heterocycles. The van der Waals surface area contributed by atoms with Gasteiger partial charge in [0.2, 0.25) is 0 Å². The lowest BCUT2D eigenvalue weighted by atomic mass is 9.95. The molecule has 322 valence electrons. The van der Waals surface area contributed by atoms with Crippen LogP contribution in [0.1, 0.15) is 190 Å². The van der Waals surface area contributed by atoms with Crippen LogP contribution in [0.3, 0.4) is 0 Å². The highest BCUT2D eigenvalue weighted by atomic mass is 32.2. The van der Waals surface area contributed by atoms with Gasteiger partial charge < -0.3 is 4.55 Å². The molecule has 0 spiro atoms. The lowest BCUT2D eigenvalue weighted by Gasteiger charge is -2.22. The molecule has 0 aliphatic rings. The van der Waals surface area contributed by atoms with Crippen molar-refractivity contribution in [1.82, 2.24) is 0 Å². The summed E-state index contributed by atoms with van der Waals surface area (Å²) in [5.41, 5.74) is 4.25. The Morgan fingerprint density at radius 3 is 0.982 bits per heavy atom. The highest BCUT2D eigenvalue weighted by molar-refractivity contribution is 7.97. The Labute approximate surface area is 349 Å². The first kappa shape index (κ1) is 50.9. The van der Waals surface area contributed by atoms with Gasteiger partial charge in [-0.2, -0.15) is 13.2 Å². The first-order valence-electron chi connectivity index (χ1n) is 22.5. The zero-order valence-electron chi connectivity index (χ0n) is 36.3. The van der Waals surface area contributed by atoms with Crippen molar-refractivity contribution in [3.8, 4) is 0 Å². The van der Waals surface area contributed by atoms with Gasteiger partial charge in [-0.25, -0.2) is 8.42 Å². The molecular formula is C49H75F3O3S2. The predicted octanol–water partition coefficient (Wildman–Crippen LogP) is 15.2. The van der Waals surface area contributed by atoms with Crippen molar-refractivity contribution >= 4 is 21.0 Å². The molecular weight excluding hydrogens is 758 g/mol. The fourth-order valence-corrected chi connectivity index (χ4v) is 10.3. The summed E-state index contributed by atoms with van der Waals surface area (Å²) < 4.78 is 58.9. The van der Waals surface area contributed by atoms with Crippen LogP contribution in [0.15, 0.2) is 69.3 Å². The summed E-state index contributed by atoms with van der Waals surface area (Å²) in [6.45, 7) is 14.1. The van der Waals surface area contributed by atoms with Gasteiger partial charge in [0, 0.05) is 22.3 Å². The second-order valence-corrected chi connectivity index (χ2v) is 19.0. The van der Waals surface area contributed by atoms with E-state index in [-0.39, 0.29) is 10.9 Å².